The van der Waals surface area contributed by atoms with Gasteiger partial charge in [-0.05, 0) is 68.0 Å². The van der Waals surface area contributed by atoms with E-state index in [1.54, 1.807) is 24.3 Å². The smallest absolute Gasteiger partial charge is 0.261 e. The summed E-state index contributed by atoms with van der Waals surface area (Å²) in [6, 6.07) is 25.5. The minimum Gasteiger partial charge on any atom is -0.491 e. The highest BCUT2D eigenvalue weighted by atomic mass is 16.5. The average molecular weight is 414 g/mol. The standard InChI is InChI=1S/C27H27NO3/c1-19(2)31-23-14-12-21(13-15-23)22(18-20-8-4-3-5-9-20)16-17-28-26(29)24-10-6-7-11-25(24)27(28)30/h3-15,19,22H,16-18H2,1-2H3/t22-/m0/s1. The molecule has 0 bridgehead atoms. The molecule has 1 aliphatic heterocycles. The van der Waals surface area contributed by atoms with E-state index in [2.05, 4.69) is 24.3 Å². The van der Waals surface area contributed by atoms with Crippen molar-refractivity contribution in [1.29, 1.82) is 0 Å². The monoisotopic (exact) mass is 413 g/mol. The van der Waals surface area contributed by atoms with Crippen LogP contribution < -0.4 is 4.74 Å². The van der Waals surface area contributed by atoms with Gasteiger partial charge in [0.1, 0.15) is 5.75 Å². The second kappa shape index (κ2) is 9.17. The van der Waals surface area contributed by atoms with Crippen LogP contribution in [0.2, 0.25) is 0 Å². The van der Waals surface area contributed by atoms with Crippen molar-refractivity contribution in [3.8, 4) is 5.75 Å². The van der Waals surface area contributed by atoms with E-state index in [1.165, 1.54) is 16.0 Å². The number of ether oxygens (including phenoxy) is 1. The third-order valence-corrected chi connectivity index (χ3v) is 5.63. The Hall–Kier alpha value is -3.40. The van der Waals surface area contributed by atoms with Crippen molar-refractivity contribution in [2.75, 3.05) is 6.54 Å². The molecule has 0 aromatic heterocycles. The topological polar surface area (TPSA) is 46.6 Å². The zero-order valence-electron chi connectivity index (χ0n) is 18.0. The van der Waals surface area contributed by atoms with Crippen molar-refractivity contribution in [3.63, 3.8) is 0 Å². The first-order valence-electron chi connectivity index (χ1n) is 10.8. The van der Waals surface area contributed by atoms with Gasteiger partial charge in [0.05, 0.1) is 17.2 Å². The van der Waals surface area contributed by atoms with Gasteiger partial charge in [-0.15, -0.1) is 0 Å². The largest absolute Gasteiger partial charge is 0.491 e. The number of rotatable bonds is 8. The van der Waals surface area contributed by atoms with Gasteiger partial charge in [0.2, 0.25) is 0 Å². The highest BCUT2D eigenvalue weighted by molar-refractivity contribution is 6.21. The molecule has 4 nitrogen and oxygen atoms in total. The van der Waals surface area contributed by atoms with Crippen molar-refractivity contribution in [3.05, 3.63) is 101 Å². The third-order valence-electron chi connectivity index (χ3n) is 5.63. The van der Waals surface area contributed by atoms with Crippen molar-refractivity contribution < 1.29 is 14.3 Å². The molecule has 4 heteroatoms. The molecule has 31 heavy (non-hydrogen) atoms. The fourth-order valence-corrected chi connectivity index (χ4v) is 4.10. The van der Waals surface area contributed by atoms with Crippen molar-refractivity contribution in [1.82, 2.24) is 4.90 Å². The molecular weight excluding hydrogens is 386 g/mol. The molecule has 0 saturated heterocycles. The van der Waals surface area contributed by atoms with Gasteiger partial charge < -0.3 is 4.74 Å². The second-order valence-electron chi connectivity index (χ2n) is 8.22. The molecule has 1 atom stereocenters. The van der Waals surface area contributed by atoms with Gasteiger partial charge in [-0.1, -0.05) is 54.6 Å². The summed E-state index contributed by atoms with van der Waals surface area (Å²) in [6.07, 6.45) is 1.67. The highest BCUT2D eigenvalue weighted by Gasteiger charge is 2.35. The van der Waals surface area contributed by atoms with Gasteiger partial charge in [0.15, 0.2) is 0 Å². The van der Waals surface area contributed by atoms with E-state index < -0.39 is 0 Å². The minimum atomic E-state index is -0.195. The summed E-state index contributed by atoms with van der Waals surface area (Å²) in [5.41, 5.74) is 3.42. The quantitative estimate of drug-likeness (QED) is 0.459. The average Bonchev–Trinajstić information content (AvgIpc) is 3.02. The van der Waals surface area contributed by atoms with Crippen molar-refractivity contribution >= 4 is 11.8 Å². The molecule has 0 unspecified atom stereocenters. The van der Waals surface area contributed by atoms with Crippen LogP contribution in [0.3, 0.4) is 0 Å². The Morgan fingerprint density at radius 3 is 1.94 bits per heavy atom. The van der Waals surface area contributed by atoms with Crippen LogP contribution >= 0.6 is 0 Å². The SMILES string of the molecule is CC(C)Oc1ccc([C@@H](CCN2C(=O)c3ccccc3C2=O)Cc2ccccc2)cc1. The normalized spacial score (nSPS) is 14.1. The number of fused-ring (bicyclic) bond motifs is 1. The molecule has 0 radical (unpaired) electrons. The summed E-state index contributed by atoms with van der Waals surface area (Å²) < 4.78 is 5.77. The van der Waals surface area contributed by atoms with E-state index in [1.807, 2.05) is 44.2 Å². The van der Waals surface area contributed by atoms with Crippen LogP contribution in [0.5, 0.6) is 5.75 Å². The maximum absolute atomic E-state index is 12.8. The Kier molecular flexibility index (Phi) is 6.17. The van der Waals surface area contributed by atoms with Crippen LogP contribution in [0.4, 0.5) is 0 Å². The maximum Gasteiger partial charge on any atom is 0.261 e. The van der Waals surface area contributed by atoms with Gasteiger partial charge in [-0.2, -0.15) is 0 Å². The molecule has 3 aromatic carbocycles. The lowest BCUT2D eigenvalue weighted by Crippen LogP contribution is -2.31. The molecule has 158 valence electrons. The summed E-state index contributed by atoms with van der Waals surface area (Å²) >= 11 is 0. The number of imide groups is 1. The predicted octanol–water partition coefficient (Wildman–Crippen LogP) is 5.49. The second-order valence-corrected chi connectivity index (χ2v) is 8.22. The van der Waals surface area contributed by atoms with Gasteiger partial charge in [0, 0.05) is 6.54 Å². The van der Waals surface area contributed by atoms with Crippen LogP contribution in [0.25, 0.3) is 0 Å². The van der Waals surface area contributed by atoms with E-state index in [-0.39, 0.29) is 23.8 Å². The Labute approximate surface area is 183 Å². The van der Waals surface area contributed by atoms with Gasteiger partial charge >= 0.3 is 0 Å². The maximum atomic E-state index is 12.8. The number of nitrogens with zero attached hydrogens (tertiary/aromatic N) is 1. The summed E-state index contributed by atoms with van der Waals surface area (Å²) in [4.78, 5) is 26.9. The Morgan fingerprint density at radius 2 is 1.35 bits per heavy atom. The zero-order chi connectivity index (χ0) is 21.8. The van der Waals surface area contributed by atoms with E-state index >= 15 is 0 Å². The highest BCUT2D eigenvalue weighted by Crippen LogP contribution is 2.29. The Bertz CT molecular complexity index is 1020. The molecule has 0 fully saturated rings. The fourth-order valence-electron chi connectivity index (χ4n) is 4.10. The van der Waals surface area contributed by atoms with E-state index in [9.17, 15) is 9.59 Å². The number of hydrogen-bond donors (Lipinski definition) is 0. The first-order chi connectivity index (χ1) is 15.0. The Balaban J connectivity index is 1.52. The lowest BCUT2D eigenvalue weighted by atomic mass is 9.89. The number of carbonyl (C=O) groups excluding carboxylic acids is 2. The number of hydrogen-bond acceptors (Lipinski definition) is 3. The molecule has 3 aromatic rings. The summed E-state index contributed by atoms with van der Waals surface area (Å²) in [6.45, 7) is 4.41. The molecule has 0 saturated carbocycles. The lowest BCUT2D eigenvalue weighted by molar-refractivity contribution is 0.0649. The van der Waals surface area contributed by atoms with Crippen molar-refractivity contribution in [2.24, 2.45) is 0 Å². The van der Waals surface area contributed by atoms with Crippen LogP contribution in [-0.4, -0.2) is 29.4 Å². The van der Waals surface area contributed by atoms with Gasteiger partial charge in [-0.3, -0.25) is 14.5 Å². The number of benzene rings is 3. The zero-order valence-corrected chi connectivity index (χ0v) is 18.0. The van der Waals surface area contributed by atoms with E-state index in [0.29, 0.717) is 24.1 Å². The summed E-state index contributed by atoms with van der Waals surface area (Å²) in [5.74, 6) is 0.636. The fraction of sp³-hybridized carbons (Fsp3) is 0.259. The number of amides is 2. The van der Waals surface area contributed by atoms with E-state index in [0.717, 1.165) is 12.2 Å². The van der Waals surface area contributed by atoms with E-state index in [4.69, 9.17) is 4.74 Å². The van der Waals surface area contributed by atoms with Gasteiger partial charge in [-0.25, -0.2) is 0 Å². The molecule has 2 amide bonds. The predicted molar refractivity (Wildman–Crippen MR) is 122 cm³/mol. The first-order valence-corrected chi connectivity index (χ1v) is 10.8. The molecule has 0 aliphatic carbocycles. The molecule has 0 N–H and O–H groups in total. The minimum absolute atomic E-state index is 0.125. The van der Waals surface area contributed by atoms with Crippen LogP contribution in [0, 0.1) is 0 Å². The molecular formula is C27H27NO3. The van der Waals surface area contributed by atoms with Crippen LogP contribution in [-0.2, 0) is 6.42 Å². The summed E-state index contributed by atoms with van der Waals surface area (Å²) in [5, 5.41) is 0. The van der Waals surface area contributed by atoms with Gasteiger partial charge in [0.25, 0.3) is 11.8 Å². The first kappa shape index (κ1) is 20.9. The van der Waals surface area contributed by atoms with Crippen LogP contribution in [0.15, 0.2) is 78.9 Å². The molecule has 4 rings (SSSR count). The Morgan fingerprint density at radius 1 is 0.774 bits per heavy atom. The van der Waals surface area contributed by atoms with Crippen molar-refractivity contribution in [2.45, 2.75) is 38.7 Å². The number of carbonyl (C=O) groups is 2. The summed E-state index contributed by atoms with van der Waals surface area (Å²) in [7, 11) is 0. The molecule has 0 spiro atoms. The van der Waals surface area contributed by atoms with Crippen LogP contribution in [0.1, 0.15) is 58.0 Å². The molecule has 1 heterocycles. The third kappa shape index (κ3) is 4.69. The lowest BCUT2D eigenvalue weighted by Gasteiger charge is -2.22. The molecule has 1 aliphatic rings.